The monoisotopic (exact) mass is 281 g/mol. The molecule has 1 aliphatic rings. The standard InChI is InChI=1S/C18H19NO2/c1-13(14-7-3-2-4-8-14)19-18(20)17-12-11-15-9-5-6-10-16(15)21-17/h2-10,13,17H,11-12H2,1H3,(H,19,20)/t13-,17-/m1/s1. The molecular formula is C18H19NO2. The number of rotatable bonds is 3. The third kappa shape index (κ3) is 3.07. The molecule has 1 aliphatic heterocycles. The van der Waals surface area contributed by atoms with Gasteiger partial charge in [0.25, 0.3) is 5.91 Å². The third-order valence-corrected chi connectivity index (χ3v) is 3.87. The van der Waals surface area contributed by atoms with E-state index in [0.29, 0.717) is 0 Å². The van der Waals surface area contributed by atoms with Gasteiger partial charge in [-0.2, -0.15) is 0 Å². The summed E-state index contributed by atoms with van der Waals surface area (Å²) < 4.78 is 5.82. The number of hydrogen-bond acceptors (Lipinski definition) is 2. The minimum Gasteiger partial charge on any atom is -0.480 e. The number of amides is 1. The van der Waals surface area contributed by atoms with Gasteiger partial charge < -0.3 is 10.1 Å². The van der Waals surface area contributed by atoms with Crippen molar-refractivity contribution in [1.82, 2.24) is 5.32 Å². The first-order valence-corrected chi connectivity index (χ1v) is 7.34. The van der Waals surface area contributed by atoms with Gasteiger partial charge in [-0.15, -0.1) is 0 Å². The van der Waals surface area contributed by atoms with Crippen LogP contribution >= 0.6 is 0 Å². The molecule has 21 heavy (non-hydrogen) atoms. The fourth-order valence-electron chi connectivity index (χ4n) is 2.64. The Kier molecular flexibility index (Phi) is 3.91. The Morgan fingerprint density at radius 3 is 2.67 bits per heavy atom. The van der Waals surface area contributed by atoms with E-state index in [1.54, 1.807) is 0 Å². The molecule has 3 nitrogen and oxygen atoms in total. The van der Waals surface area contributed by atoms with Crippen LogP contribution in [0.15, 0.2) is 54.6 Å². The summed E-state index contributed by atoms with van der Waals surface area (Å²) >= 11 is 0. The average molecular weight is 281 g/mol. The lowest BCUT2D eigenvalue weighted by Crippen LogP contribution is -2.41. The summed E-state index contributed by atoms with van der Waals surface area (Å²) in [4.78, 5) is 12.4. The molecule has 2 atom stereocenters. The van der Waals surface area contributed by atoms with E-state index in [-0.39, 0.29) is 11.9 Å². The highest BCUT2D eigenvalue weighted by molar-refractivity contribution is 5.82. The maximum absolute atomic E-state index is 12.4. The Morgan fingerprint density at radius 2 is 1.86 bits per heavy atom. The van der Waals surface area contributed by atoms with E-state index in [2.05, 4.69) is 11.4 Å². The molecular weight excluding hydrogens is 262 g/mol. The van der Waals surface area contributed by atoms with Gasteiger partial charge >= 0.3 is 0 Å². The third-order valence-electron chi connectivity index (χ3n) is 3.87. The highest BCUT2D eigenvalue weighted by atomic mass is 16.5. The maximum atomic E-state index is 12.4. The molecule has 1 N–H and O–H groups in total. The van der Waals surface area contributed by atoms with E-state index in [4.69, 9.17) is 4.74 Å². The first kappa shape index (κ1) is 13.7. The predicted octanol–water partition coefficient (Wildman–Crippen LogP) is 3.26. The molecule has 1 heterocycles. The fraction of sp³-hybridized carbons (Fsp3) is 0.278. The van der Waals surface area contributed by atoms with Gasteiger partial charge in [-0.3, -0.25) is 4.79 Å². The lowest BCUT2D eigenvalue weighted by atomic mass is 10.0. The molecule has 0 saturated carbocycles. The second-order valence-corrected chi connectivity index (χ2v) is 5.39. The number of aryl methyl sites for hydroxylation is 1. The fourth-order valence-corrected chi connectivity index (χ4v) is 2.64. The summed E-state index contributed by atoms with van der Waals surface area (Å²) in [5, 5.41) is 3.03. The normalized spacial score (nSPS) is 18.2. The minimum atomic E-state index is -0.397. The van der Waals surface area contributed by atoms with Crippen molar-refractivity contribution in [3.05, 3.63) is 65.7 Å². The Hall–Kier alpha value is -2.29. The van der Waals surface area contributed by atoms with Crippen LogP contribution in [0.1, 0.15) is 30.5 Å². The van der Waals surface area contributed by atoms with Crippen LogP contribution < -0.4 is 10.1 Å². The van der Waals surface area contributed by atoms with Gasteiger partial charge in [-0.05, 0) is 37.0 Å². The van der Waals surface area contributed by atoms with Crippen molar-refractivity contribution in [3.8, 4) is 5.75 Å². The van der Waals surface area contributed by atoms with Crippen molar-refractivity contribution in [1.29, 1.82) is 0 Å². The summed E-state index contributed by atoms with van der Waals surface area (Å²) in [5.74, 6) is 0.789. The molecule has 0 aliphatic carbocycles. The van der Waals surface area contributed by atoms with Crippen molar-refractivity contribution < 1.29 is 9.53 Å². The highest BCUT2D eigenvalue weighted by Gasteiger charge is 2.26. The van der Waals surface area contributed by atoms with Crippen LogP contribution in [0.25, 0.3) is 0 Å². The van der Waals surface area contributed by atoms with Gasteiger partial charge in [0, 0.05) is 0 Å². The number of fused-ring (bicyclic) bond motifs is 1. The average Bonchev–Trinajstić information content (AvgIpc) is 2.55. The molecule has 0 spiro atoms. The van der Waals surface area contributed by atoms with Crippen LogP contribution in [0.4, 0.5) is 0 Å². The van der Waals surface area contributed by atoms with Crippen molar-refractivity contribution in [2.24, 2.45) is 0 Å². The molecule has 0 saturated heterocycles. The first-order valence-electron chi connectivity index (χ1n) is 7.34. The quantitative estimate of drug-likeness (QED) is 0.937. The summed E-state index contributed by atoms with van der Waals surface area (Å²) in [7, 11) is 0. The van der Waals surface area contributed by atoms with Gasteiger partial charge in [0.2, 0.25) is 0 Å². The van der Waals surface area contributed by atoms with E-state index < -0.39 is 6.10 Å². The van der Waals surface area contributed by atoms with E-state index >= 15 is 0 Å². The van der Waals surface area contributed by atoms with Crippen molar-refractivity contribution in [2.75, 3.05) is 0 Å². The van der Waals surface area contributed by atoms with E-state index in [1.807, 2.05) is 55.5 Å². The van der Waals surface area contributed by atoms with Crippen molar-refractivity contribution in [2.45, 2.75) is 31.9 Å². The SMILES string of the molecule is C[C@@H](NC(=O)[C@H]1CCc2ccccc2O1)c1ccccc1. The molecule has 0 bridgehead atoms. The summed E-state index contributed by atoms with van der Waals surface area (Å²) in [6.45, 7) is 1.99. The summed E-state index contributed by atoms with van der Waals surface area (Å²) in [5.41, 5.74) is 2.28. The number of ether oxygens (including phenoxy) is 1. The topological polar surface area (TPSA) is 38.3 Å². The molecule has 0 radical (unpaired) electrons. The number of carbonyl (C=O) groups excluding carboxylic acids is 1. The largest absolute Gasteiger partial charge is 0.480 e. The lowest BCUT2D eigenvalue weighted by Gasteiger charge is -2.26. The second-order valence-electron chi connectivity index (χ2n) is 5.39. The van der Waals surface area contributed by atoms with Crippen LogP contribution in [0.3, 0.4) is 0 Å². The maximum Gasteiger partial charge on any atom is 0.261 e. The molecule has 3 heteroatoms. The zero-order valence-corrected chi connectivity index (χ0v) is 12.1. The number of hydrogen-bond donors (Lipinski definition) is 1. The van der Waals surface area contributed by atoms with Crippen molar-refractivity contribution >= 4 is 5.91 Å². The van der Waals surface area contributed by atoms with Crippen LogP contribution in [-0.4, -0.2) is 12.0 Å². The molecule has 0 aromatic heterocycles. The molecule has 0 fully saturated rings. The van der Waals surface area contributed by atoms with Crippen molar-refractivity contribution in [3.63, 3.8) is 0 Å². The molecule has 0 unspecified atom stereocenters. The minimum absolute atomic E-state index is 0.0144. The van der Waals surface area contributed by atoms with Gasteiger partial charge in [0.1, 0.15) is 5.75 Å². The summed E-state index contributed by atoms with van der Waals surface area (Å²) in [6.07, 6.45) is 1.21. The zero-order valence-electron chi connectivity index (χ0n) is 12.1. The van der Waals surface area contributed by atoms with Gasteiger partial charge in [0.05, 0.1) is 6.04 Å². The number of nitrogens with one attached hydrogen (secondary N) is 1. The highest BCUT2D eigenvalue weighted by Crippen LogP contribution is 2.27. The Labute approximate surface area is 124 Å². The van der Waals surface area contributed by atoms with E-state index in [1.165, 1.54) is 5.56 Å². The van der Waals surface area contributed by atoms with E-state index in [9.17, 15) is 4.79 Å². The van der Waals surface area contributed by atoms with Gasteiger partial charge in [-0.1, -0.05) is 48.5 Å². The van der Waals surface area contributed by atoms with Crippen LogP contribution in [0, 0.1) is 0 Å². The first-order chi connectivity index (χ1) is 10.2. The predicted molar refractivity (Wildman–Crippen MR) is 82.2 cm³/mol. The van der Waals surface area contributed by atoms with Crippen LogP contribution in [0.2, 0.25) is 0 Å². The van der Waals surface area contributed by atoms with Crippen LogP contribution in [-0.2, 0) is 11.2 Å². The van der Waals surface area contributed by atoms with E-state index in [0.717, 1.165) is 24.2 Å². The second kappa shape index (κ2) is 6.00. The number of para-hydroxylation sites is 1. The smallest absolute Gasteiger partial charge is 0.261 e. The zero-order chi connectivity index (χ0) is 14.7. The molecule has 3 rings (SSSR count). The lowest BCUT2D eigenvalue weighted by molar-refractivity contribution is -0.129. The molecule has 2 aromatic rings. The molecule has 108 valence electrons. The number of benzene rings is 2. The number of carbonyl (C=O) groups is 1. The Balaban J connectivity index is 1.65. The van der Waals surface area contributed by atoms with Gasteiger partial charge in [0.15, 0.2) is 6.10 Å². The van der Waals surface area contributed by atoms with Crippen LogP contribution in [0.5, 0.6) is 5.75 Å². The molecule has 1 amide bonds. The summed E-state index contributed by atoms with van der Waals surface area (Å²) in [6, 6.07) is 17.9. The van der Waals surface area contributed by atoms with Gasteiger partial charge in [-0.25, -0.2) is 0 Å². The Morgan fingerprint density at radius 1 is 1.14 bits per heavy atom. The molecule has 2 aromatic carbocycles. The Bertz CT molecular complexity index is 624.